The summed E-state index contributed by atoms with van der Waals surface area (Å²) in [5, 5.41) is 3.43. The fourth-order valence-corrected chi connectivity index (χ4v) is 2.02. The minimum Gasteiger partial charge on any atom is -0.484 e. The molecule has 0 saturated carbocycles. The van der Waals surface area contributed by atoms with Gasteiger partial charge in [0.2, 0.25) is 0 Å². The van der Waals surface area contributed by atoms with Crippen molar-refractivity contribution in [3.63, 3.8) is 0 Å². The zero-order valence-electron chi connectivity index (χ0n) is 11.5. The highest BCUT2D eigenvalue weighted by molar-refractivity contribution is 6.30. The molecule has 0 unspecified atom stereocenters. The molecule has 0 fully saturated rings. The minimum atomic E-state index is -0.346. The lowest BCUT2D eigenvalue weighted by atomic mass is 10.1. The van der Waals surface area contributed by atoms with Crippen LogP contribution in [0.1, 0.15) is 18.5 Å². The molecule has 1 amide bonds. The van der Waals surface area contributed by atoms with Crippen LogP contribution in [0.4, 0.5) is 4.39 Å². The van der Waals surface area contributed by atoms with Crippen molar-refractivity contribution in [1.82, 2.24) is 5.32 Å². The van der Waals surface area contributed by atoms with E-state index >= 15 is 0 Å². The molecule has 0 aliphatic carbocycles. The van der Waals surface area contributed by atoms with Crippen LogP contribution in [0.3, 0.4) is 0 Å². The molecule has 2 rings (SSSR count). The van der Waals surface area contributed by atoms with Crippen LogP contribution in [0.15, 0.2) is 48.5 Å². The van der Waals surface area contributed by atoms with E-state index in [0.29, 0.717) is 10.8 Å². The fourth-order valence-electron chi connectivity index (χ4n) is 1.82. The maximum absolute atomic E-state index is 12.7. The Balaban J connectivity index is 1.85. The summed E-state index contributed by atoms with van der Waals surface area (Å²) in [6.07, 6.45) is 0. The molecule has 0 aromatic heterocycles. The van der Waals surface area contributed by atoms with E-state index in [2.05, 4.69) is 5.32 Å². The molecule has 0 bridgehead atoms. The second kappa shape index (κ2) is 7.09. The van der Waals surface area contributed by atoms with Crippen LogP contribution in [-0.2, 0) is 4.79 Å². The third-order valence-corrected chi connectivity index (χ3v) is 3.14. The number of benzene rings is 2. The summed E-state index contributed by atoms with van der Waals surface area (Å²) >= 11 is 5.91. The summed E-state index contributed by atoms with van der Waals surface area (Å²) in [6.45, 7) is 1.73. The van der Waals surface area contributed by atoms with E-state index in [-0.39, 0.29) is 24.4 Å². The first-order valence-electron chi connectivity index (χ1n) is 6.48. The van der Waals surface area contributed by atoms with Gasteiger partial charge in [-0.1, -0.05) is 23.7 Å². The van der Waals surface area contributed by atoms with Gasteiger partial charge in [0.25, 0.3) is 5.91 Å². The Morgan fingerprint density at radius 2 is 2.00 bits per heavy atom. The van der Waals surface area contributed by atoms with Crippen LogP contribution in [0.2, 0.25) is 5.02 Å². The van der Waals surface area contributed by atoms with Gasteiger partial charge in [0, 0.05) is 5.02 Å². The number of amides is 1. The number of hydrogen-bond donors (Lipinski definition) is 1. The normalized spacial score (nSPS) is 11.8. The van der Waals surface area contributed by atoms with E-state index in [4.69, 9.17) is 16.3 Å². The van der Waals surface area contributed by atoms with Crippen LogP contribution >= 0.6 is 11.6 Å². The number of hydrogen-bond acceptors (Lipinski definition) is 2. The Morgan fingerprint density at radius 1 is 1.29 bits per heavy atom. The molecule has 0 aliphatic rings. The SMILES string of the molecule is C[C@@H](NC(=O)COc1ccc(F)cc1)c1cccc(Cl)c1. The van der Waals surface area contributed by atoms with Crippen LogP contribution < -0.4 is 10.1 Å². The Morgan fingerprint density at radius 3 is 2.67 bits per heavy atom. The zero-order valence-corrected chi connectivity index (χ0v) is 12.2. The van der Waals surface area contributed by atoms with Crippen molar-refractivity contribution in [2.45, 2.75) is 13.0 Å². The molecule has 1 atom stereocenters. The molecule has 0 saturated heterocycles. The summed E-state index contributed by atoms with van der Waals surface area (Å²) in [5.41, 5.74) is 0.914. The van der Waals surface area contributed by atoms with E-state index < -0.39 is 0 Å². The molecule has 3 nitrogen and oxygen atoms in total. The van der Waals surface area contributed by atoms with Gasteiger partial charge in [-0.2, -0.15) is 0 Å². The van der Waals surface area contributed by atoms with Crippen LogP contribution in [-0.4, -0.2) is 12.5 Å². The molecule has 21 heavy (non-hydrogen) atoms. The second-order valence-corrected chi connectivity index (χ2v) is 5.02. The number of rotatable bonds is 5. The van der Waals surface area contributed by atoms with Crippen LogP contribution in [0, 0.1) is 5.82 Å². The first kappa shape index (κ1) is 15.3. The van der Waals surface area contributed by atoms with Crippen LogP contribution in [0.5, 0.6) is 5.75 Å². The van der Waals surface area contributed by atoms with Crippen molar-refractivity contribution < 1.29 is 13.9 Å². The van der Waals surface area contributed by atoms with E-state index in [9.17, 15) is 9.18 Å². The van der Waals surface area contributed by atoms with Crippen molar-refractivity contribution in [2.24, 2.45) is 0 Å². The summed E-state index contributed by atoms with van der Waals surface area (Å²) < 4.78 is 18.0. The molecular formula is C16H15ClFNO2. The Bertz CT molecular complexity index is 616. The molecule has 110 valence electrons. The third kappa shape index (κ3) is 4.76. The van der Waals surface area contributed by atoms with Gasteiger partial charge in [-0.3, -0.25) is 4.79 Å². The average Bonchev–Trinajstić information content (AvgIpc) is 2.46. The molecule has 0 spiro atoms. The first-order chi connectivity index (χ1) is 10.0. The van der Waals surface area contributed by atoms with Gasteiger partial charge in [0.1, 0.15) is 11.6 Å². The summed E-state index contributed by atoms with van der Waals surface area (Å²) in [4.78, 5) is 11.8. The van der Waals surface area contributed by atoms with Gasteiger partial charge >= 0.3 is 0 Å². The number of halogens is 2. The van der Waals surface area contributed by atoms with Crippen molar-refractivity contribution in [2.75, 3.05) is 6.61 Å². The van der Waals surface area contributed by atoms with Gasteiger partial charge < -0.3 is 10.1 Å². The molecule has 0 heterocycles. The Hall–Kier alpha value is -2.07. The predicted octanol–water partition coefficient (Wildman–Crippen LogP) is 3.74. The highest BCUT2D eigenvalue weighted by Crippen LogP contribution is 2.17. The average molecular weight is 308 g/mol. The quantitative estimate of drug-likeness (QED) is 0.914. The van der Waals surface area contributed by atoms with E-state index in [1.54, 1.807) is 12.1 Å². The predicted molar refractivity (Wildman–Crippen MR) is 79.9 cm³/mol. The van der Waals surface area contributed by atoms with Gasteiger partial charge in [-0.25, -0.2) is 4.39 Å². The van der Waals surface area contributed by atoms with Crippen molar-refractivity contribution in [1.29, 1.82) is 0 Å². The fraction of sp³-hybridized carbons (Fsp3) is 0.188. The van der Waals surface area contributed by atoms with Gasteiger partial charge in [-0.05, 0) is 48.9 Å². The number of carbonyl (C=O) groups excluding carboxylic acids is 1. The number of nitrogens with one attached hydrogen (secondary N) is 1. The maximum Gasteiger partial charge on any atom is 0.258 e. The highest BCUT2D eigenvalue weighted by Gasteiger charge is 2.10. The summed E-state index contributed by atoms with van der Waals surface area (Å²) in [6, 6.07) is 12.6. The van der Waals surface area contributed by atoms with Crippen molar-refractivity contribution >= 4 is 17.5 Å². The molecule has 2 aromatic rings. The lowest BCUT2D eigenvalue weighted by Crippen LogP contribution is -2.31. The molecule has 1 N–H and O–H groups in total. The molecule has 5 heteroatoms. The lowest BCUT2D eigenvalue weighted by molar-refractivity contribution is -0.123. The van der Waals surface area contributed by atoms with E-state index in [1.807, 2.05) is 19.1 Å². The number of ether oxygens (including phenoxy) is 1. The molecule has 0 radical (unpaired) electrons. The third-order valence-electron chi connectivity index (χ3n) is 2.91. The summed E-state index contributed by atoms with van der Waals surface area (Å²) in [5.74, 6) is -0.157. The molecular weight excluding hydrogens is 293 g/mol. The topological polar surface area (TPSA) is 38.3 Å². The largest absolute Gasteiger partial charge is 0.484 e. The number of carbonyl (C=O) groups is 1. The molecule has 0 aliphatic heterocycles. The Labute approximate surface area is 127 Å². The zero-order chi connectivity index (χ0) is 15.2. The van der Waals surface area contributed by atoms with Gasteiger partial charge in [-0.15, -0.1) is 0 Å². The Kier molecular flexibility index (Phi) is 5.17. The monoisotopic (exact) mass is 307 g/mol. The summed E-state index contributed by atoms with van der Waals surface area (Å²) in [7, 11) is 0. The smallest absolute Gasteiger partial charge is 0.258 e. The van der Waals surface area contributed by atoms with E-state index in [1.165, 1.54) is 24.3 Å². The minimum absolute atomic E-state index is 0.128. The van der Waals surface area contributed by atoms with Gasteiger partial charge in [0.15, 0.2) is 6.61 Å². The first-order valence-corrected chi connectivity index (χ1v) is 6.85. The van der Waals surface area contributed by atoms with Gasteiger partial charge in [0.05, 0.1) is 6.04 Å². The highest BCUT2D eigenvalue weighted by atomic mass is 35.5. The van der Waals surface area contributed by atoms with Crippen LogP contribution in [0.25, 0.3) is 0 Å². The van der Waals surface area contributed by atoms with E-state index in [0.717, 1.165) is 5.56 Å². The second-order valence-electron chi connectivity index (χ2n) is 4.59. The van der Waals surface area contributed by atoms with Crippen molar-refractivity contribution in [3.05, 3.63) is 64.9 Å². The lowest BCUT2D eigenvalue weighted by Gasteiger charge is -2.15. The molecule has 2 aromatic carbocycles. The maximum atomic E-state index is 12.7. The van der Waals surface area contributed by atoms with Crippen molar-refractivity contribution in [3.8, 4) is 5.75 Å². The standard InChI is InChI=1S/C16H15ClFNO2/c1-11(12-3-2-4-13(17)9-12)19-16(20)10-21-15-7-5-14(18)6-8-15/h2-9,11H,10H2,1H3,(H,19,20)/t11-/m1/s1.